The number of allylic oxidation sites excluding steroid dienone is 4. The van der Waals surface area contributed by atoms with Crippen LogP contribution < -0.4 is 5.14 Å². The summed E-state index contributed by atoms with van der Waals surface area (Å²) in [5.41, 5.74) is 4.19. The molecule has 0 fully saturated rings. The smallest absolute Gasteiger partial charge is 0.243 e. The van der Waals surface area contributed by atoms with Gasteiger partial charge < -0.3 is 0 Å². The van der Waals surface area contributed by atoms with Crippen LogP contribution in [0.1, 0.15) is 24.0 Å². The highest BCUT2D eigenvalue weighted by Crippen LogP contribution is 2.32. The molecule has 124 valence electrons. The van der Waals surface area contributed by atoms with Crippen LogP contribution in [-0.4, -0.2) is 13.4 Å². The number of aromatic nitrogens is 1. The molecular formula is C18H17FN2O2S. The number of hydrogen-bond donors (Lipinski definition) is 1. The average Bonchev–Trinajstić information content (AvgIpc) is 3.02. The van der Waals surface area contributed by atoms with E-state index in [9.17, 15) is 12.8 Å². The molecule has 3 rings (SSSR count). The zero-order chi connectivity index (χ0) is 17.2. The Kier molecular flexibility index (Phi) is 4.59. The molecule has 1 heterocycles. The molecule has 1 aromatic carbocycles. The molecule has 0 atom stereocenters. The lowest BCUT2D eigenvalue weighted by molar-refractivity contribution is 0.594. The van der Waals surface area contributed by atoms with Crippen molar-refractivity contribution in [3.63, 3.8) is 0 Å². The van der Waals surface area contributed by atoms with Gasteiger partial charge in [-0.15, -0.1) is 0 Å². The van der Waals surface area contributed by atoms with E-state index in [4.69, 9.17) is 5.14 Å². The van der Waals surface area contributed by atoms with E-state index in [-0.39, 0.29) is 10.8 Å². The van der Waals surface area contributed by atoms with E-state index in [2.05, 4.69) is 17.1 Å². The summed E-state index contributed by atoms with van der Waals surface area (Å²) in [5.74, 6) is -0.236. The highest BCUT2D eigenvalue weighted by Gasteiger charge is 2.15. The Morgan fingerprint density at radius 2 is 1.79 bits per heavy atom. The monoisotopic (exact) mass is 344 g/mol. The molecule has 2 aromatic rings. The third-order valence-corrected chi connectivity index (χ3v) is 4.79. The summed E-state index contributed by atoms with van der Waals surface area (Å²) in [6.07, 6.45) is 8.24. The topological polar surface area (TPSA) is 73.1 Å². The van der Waals surface area contributed by atoms with Gasteiger partial charge in [0.05, 0.1) is 0 Å². The van der Waals surface area contributed by atoms with E-state index in [1.807, 2.05) is 0 Å². The molecule has 1 aromatic heterocycles. The molecule has 0 bridgehead atoms. The molecule has 2 N–H and O–H groups in total. The van der Waals surface area contributed by atoms with Gasteiger partial charge in [-0.1, -0.05) is 24.3 Å². The van der Waals surface area contributed by atoms with Gasteiger partial charge in [0, 0.05) is 11.8 Å². The van der Waals surface area contributed by atoms with Crippen molar-refractivity contribution in [2.75, 3.05) is 0 Å². The van der Waals surface area contributed by atoms with E-state index in [0.29, 0.717) is 0 Å². The lowest BCUT2D eigenvalue weighted by Crippen LogP contribution is -2.13. The molecule has 0 spiro atoms. The molecule has 0 saturated heterocycles. The second kappa shape index (κ2) is 6.67. The number of nitrogens with zero attached hydrogens (tertiary/aromatic N) is 1. The van der Waals surface area contributed by atoms with Gasteiger partial charge in [0.1, 0.15) is 5.82 Å². The highest BCUT2D eigenvalue weighted by atomic mass is 32.2. The number of pyridine rings is 1. The highest BCUT2D eigenvalue weighted by molar-refractivity contribution is 7.89. The number of hydrogen-bond acceptors (Lipinski definition) is 3. The quantitative estimate of drug-likeness (QED) is 0.905. The van der Waals surface area contributed by atoms with Crippen molar-refractivity contribution >= 4 is 15.6 Å². The predicted molar refractivity (Wildman–Crippen MR) is 91.0 cm³/mol. The summed E-state index contributed by atoms with van der Waals surface area (Å²) in [6.45, 7) is 0. The van der Waals surface area contributed by atoms with Crippen molar-refractivity contribution in [1.29, 1.82) is 0 Å². The SMILES string of the molecule is NS(=O)(=O)c1ccc(C2=CCC=C2CCc2ccc(F)cc2)cn1. The maximum absolute atomic E-state index is 12.9. The summed E-state index contributed by atoms with van der Waals surface area (Å²) >= 11 is 0. The maximum atomic E-state index is 12.9. The third-order valence-electron chi connectivity index (χ3n) is 3.97. The van der Waals surface area contributed by atoms with Crippen LogP contribution in [0.5, 0.6) is 0 Å². The molecule has 6 heteroatoms. The summed E-state index contributed by atoms with van der Waals surface area (Å²) in [7, 11) is -3.78. The minimum atomic E-state index is -3.78. The number of benzene rings is 1. The number of sulfonamides is 1. The summed E-state index contributed by atoms with van der Waals surface area (Å²) in [4.78, 5) is 3.93. The fourth-order valence-corrected chi connectivity index (χ4v) is 3.20. The Balaban J connectivity index is 1.72. The molecule has 4 nitrogen and oxygen atoms in total. The Bertz CT molecular complexity index is 899. The average molecular weight is 344 g/mol. The van der Waals surface area contributed by atoms with Gasteiger partial charge in [-0.3, -0.25) is 0 Å². The van der Waals surface area contributed by atoms with E-state index in [0.717, 1.165) is 36.0 Å². The normalized spacial score (nSPS) is 14.4. The van der Waals surface area contributed by atoms with Crippen LogP contribution in [0.3, 0.4) is 0 Å². The maximum Gasteiger partial charge on any atom is 0.255 e. The van der Waals surface area contributed by atoms with E-state index < -0.39 is 10.0 Å². The first kappa shape index (κ1) is 16.5. The lowest BCUT2D eigenvalue weighted by Gasteiger charge is -2.10. The van der Waals surface area contributed by atoms with Gasteiger partial charge >= 0.3 is 0 Å². The fraction of sp³-hybridized carbons (Fsp3) is 0.167. The summed E-state index contributed by atoms with van der Waals surface area (Å²) in [6, 6.07) is 9.64. The van der Waals surface area contributed by atoms with Gasteiger partial charge in [-0.25, -0.2) is 22.9 Å². The minimum Gasteiger partial charge on any atom is -0.243 e. The minimum absolute atomic E-state index is 0.137. The van der Waals surface area contributed by atoms with Gasteiger partial charge in [-0.05, 0) is 60.2 Å². The van der Waals surface area contributed by atoms with Crippen LogP contribution >= 0.6 is 0 Å². The van der Waals surface area contributed by atoms with Crippen LogP contribution in [0.2, 0.25) is 0 Å². The Morgan fingerprint density at radius 1 is 1.04 bits per heavy atom. The zero-order valence-electron chi connectivity index (χ0n) is 12.9. The van der Waals surface area contributed by atoms with Crippen LogP contribution in [0.4, 0.5) is 4.39 Å². The number of halogens is 1. The number of aryl methyl sites for hydroxylation is 1. The molecule has 0 saturated carbocycles. The van der Waals surface area contributed by atoms with Crippen LogP contribution in [-0.2, 0) is 16.4 Å². The van der Waals surface area contributed by atoms with Crippen molar-refractivity contribution in [2.45, 2.75) is 24.3 Å². The van der Waals surface area contributed by atoms with Gasteiger partial charge in [0.15, 0.2) is 5.03 Å². The van der Waals surface area contributed by atoms with Gasteiger partial charge in [-0.2, -0.15) is 0 Å². The van der Waals surface area contributed by atoms with Gasteiger partial charge in [0.2, 0.25) is 0 Å². The second-order valence-corrected chi connectivity index (χ2v) is 7.15. The Hall–Kier alpha value is -2.31. The predicted octanol–water partition coefficient (Wildman–Crippen LogP) is 3.21. The van der Waals surface area contributed by atoms with Crippen LogP contribution in [0, 0.1) is 5.82 Å². The van der Waals surface area contributed by atoms with Gasteiger partial charge in [0.25, 0.3) is 10.0 Å². The molecule has 0 aliphatic heterocycles. The number of nitrogens with two attached hydrogens (primary N) is 1. The van der Waals surface area contributed by atoms with Crippen molar-refractivity contribution in [3.8, 4) is 0 Å². The van der Waals surface area contributed by atoms with Crippen molar-refractivity contribution in [2.24, 2.45) is 5.14 Å². The molecule has 1 aliphatic carbocycles. The fourth-order valence-electron chi connectivity index (χ4n) is 2.74. The summed E-state index contributed by atoms with van der Waals surface area (Å²) in [5, 5.41) is 4.93. The van der Waals surface area contributed by atoms with E-state index in [1.54, 1.807) is 18.2 Å². The summed E-state index contributed by atoms with van der Waals surface area (Å²) < 4.78 is 35.5. The van der Waals surface area contributed by atoms with Crippen LogP contribution in [0.15, 0.2) is 65.3 Å². The lowest BCUT2D eigenvalue weighted by atomic mass is 9.96. The number of rotatable bonds is 5. The van der Waals surface area contributed by atoms with Crippen molar-refractivity contribution in [1.82, 2.24) is 4.98 Å². The second-order valence-electron chi connectivity index (χ2n) is 5.64. The standard InChI is InChI=1S/C18H17FN2O2S/c19-16-9-5-13(6-10-16)4-7-14-2-1-3-17(14)15-8-11-18(21-12-15)24(20,22)23/h2-3,5-6,8-12H,1,4,7H2,(H2,20,22,23). The molecule has 0 unspecified atom stereocenters. The largest absolute Gasteiger partial charge is 0.255 e. The van der Waals surface area contributed by atoms with Crippen LogP contribution in [0.25, 0.3) is 5.57 Å². The third kappa shape index (κ3) is 3.77. The van der Waals surface area contributed by atoms with Crippen molar-refractivity contribution in [3.05, 3.63) is 77.3 Å². The zero-order valence-corrected chi connectivity index (χ0v) is 13.8. The van der Waals surface area contributed by atoms with Crippen molar-refractivity contribution < 1.29 is 12.8 Å². The molecule has 0 amide bonds. The molecule has 24 heavy (non-hydrogen) atoms. The Labute approximate surface area is 140 Å². The first-order valence-corrected chi connectivity index (χ1v) is 9.11. The first-order valence-electron chi connectivity index (χ1n) is 7.57. The number of primary sulfonamides is 1. The first-order chi connectivity index (χ1) is 11.4. The molecular weight excluding hydrogens is 327 g/mol. The molecule has 1 aliphatic rings. The Morgan fingerprint density at radius 3 is 2.42 bits per heavy atom. The van der Waals surface area contributed by atoms with E-state index in [1.165, 1.54) is 30.0 Å². The van der Waals surface area contributed by atoms with E-state index >= 15 is 0 Å². The molecule has 0 radical (unpaired) electrons.